The van der Waals surface area contributed by atoms with E-state index in [9.17, 15) is 5.11 Å². The van der Waals surface area contributed by atoms with Crippen molar-refractivity contribution in [1.29, 1.82) is 0 Å². The predicted octanol–water partition coefficient (Wildman–Crippen LogP) is 5.81. The minimum Gasteiger partial charge on any atom is -0.508 e. The first-order valence-electron chi connectivity index (χ1n) is 9.59. The van der Waals surface area contributed by atoms with E-state index in [1.165, 1.54) is 12.0 Å². The molecular weight excluding hydrogens is 306 g/mol. The van der Waals surface area contributed by atoms with Gasteiger partial charge in [-0.1, -0.05) is 55.0 Å². The van der Waals surface area contributed by atoms with Gasteiger partial charge in [-0.2, -0.15) is 0 Å². The van der Waals surface area contributed by atoms with Gasteiger partial charge in [0.15, 0.2) is 0 Å². The van der Waals surface area contributed by atoms with E-state index in [1.54, 1.807) is 6.07 Å². The van der Waals surface area contributed by atoms with E-state index in [2.05, 4.69) is 69.0 Å². The molecule has 2 rings (SSSR count). The number of benzene rings is 2. The maximum atomic E-state index is 10.3. The number of hydrogen-bond acceptors (Lipinski definition) is 2. The molecule has 1 N–H and O–H groups in total. The molecular formula is C23H33NO. The number of phenols is 1. The summed E-state index contributed by atoms with van der Waals surface area (Å²) in [6, 6.07) is 19.5. The van der Waals surface area contributed by atoms with Gasteiger partial charge in [0, 0.05) is 23.6 Å². The van der Waals surface area contributed by atoms with E-state index in [0.29, 0.717) is 17.8 Å². The molecule has 0 radical (unpaired) electrons. The molecule has 0 aromatic heterocycles. The molecule has 1 atom stereocenters. The predicted molar refractivity (Wildman–Crippen MR) is 107 cm³/mol. The number of rotatable bonds is 9. The molecule has 2 aromatic carbocycles. The molecule has 0 amide bonds. The maximum absolute atomic E-state index is 10.3. The molecule has 0 spiro atoms. The third-order valence-corrected chi connectivity index (χ3v) is 5.00. The lowest BCUT2D eigenvalue weighted by Gasteiger charge is -2.30. The highest BCUT2D eigenvalue weighted by Crippen LogP contribution is 2.34. The zero-order valence-electron chi connectivity index (χ0n) is 16.2. The second kappa shape index (κ2) is 9.62. The van der Waals surface area contributed by atoms with Crippen molar-refractivity contribution < 1.29 is 5.11 Å². The van der Waals surface area contributed by atoms with Crippen LogP contribution >= 0.6 is 0 Å². The monoisotopic (exact) mass is 339 g/mol. The van der Waals surface area contributed by atoms with Gasteiger partial charge in [-0.05, 0) is 58.7 Å². The van der Waals surface area contributed by atoms with Crippen LogP contribution in [-0.2, 0) is 0 Å². The van der Waals surface area contributed by atoms with Crippen LogP contribution in [0, 0.1) is 0 Å². The SMILES string of the molecule is CC(C)N(CCCCC(c1ccccc1)c1ccccc1O)C(C)C. The minimum absolute atomic E-state index is 0.258. The fraction of sp³-hybridized carbons (Fsp3) is 0.478. The van der Waals surface area contributed by atoms with Crippen molar-refractivity contribution in [2.75, 3.05) is 6.54 Å². The van der Waals surface area contributed by atoms with Crippen LogP contribution in [0.3, 0.4) is 0 Å². The molecule has 2 aromatic rings. The first-order chi connectivity index (χ1) is 12.0. The minimum atomic E-state index is 0.258. The summed E-state index contributed by atoms with van der Waals surface area (Å²) in [7, 11) is 0. The highest BCUT2D eigenvalue weighted by molar-refractivity contribution is 5.41. The standard InChI is InChI=1S/C23H33NO/c1-18(2)24(19(3)4)17-11-10-14-21(20-12-6-5-7-13-20)22-15-8-9-16-23(22)25/h5-9,12-13,15-16,18-19,21,25H,10-11,14,17H2,1-4H3. The van der Waals surface area contributed by atoms with Gasteiger partial charge >= 0.3 is 0 Å². The van der Waals surface area contributed by atoms with Gasteiger partial charge in [0.1, 0.15) is 5.75 Å². The van der Waals surface area contributed by atoms with Gasteiger partial charge in [-0.15, -0.1) is 0 Å². The Labute approximate surface area is 153 Å². The lowest BCUT2D eigenvalue weighted by Crippen LogP contribution is -2.37. The Bertz CT molecular complexity index is 613. The van der Waals surface area contributed by atoms with Crippen LogP contribution in [0.25, 0.3) is 0 Å². The lowest BCUT2D eigenvalue weighted by molar-refractivity contribution is 0.171. The molecule has 0 saturated heterocycles. The van der Waals surface area contributed by atoms with Gasteiger partial charge in [-0.25, -0.2) is 0 Å². The Morgan fingerprint density at radius 1 is 0.800 bits per heavy atom. The third kappa shape index (κ3) is 5.61. The van der Waals surface area contributed by atoms with E-state index in [0.717, 1.165) is 24.9 Å². The summed E-state index contributed by atoms with van der Waals surface area (Å²) in [4.78, 5) is 2.55. The first kappa shape index (κ1) is 19.5. The van der Waals surface area contributed by atoms with Crippen LogP contribution in [0.5, 0.6) is 5.75 Å². The zero-order chi connectivity index (χ0) is 18.2. The van der Waals surface area contributed by atoms with Gasteiger partial charge < -0.3 is 5.11 Å². The number of para-hydroxylation sites is 1. The van der Waals surface area contributed by atoms with Gasteiger partial charge in [-0.3, -0.25) is 4.90 Å². The van der Waals surface area contributed by atoms with E-state index >= 15 is 0 Å². The van der Waals surface area contributed by atoms with Crippen molar-refractivity contribution in [1.82, 2.24) is 4.90 Å². The Hall–Kier alpha value is -1.80. The van der Waals surface area contributed by atoms with Crippen molar-refractivity contribution in [3.8, 4) is 5.75 Å². The first-order valence-corrected chi connectivity index (χ1v) is 9.59. The molecule has 25 heavy (non-hydrogen) atoms. The summed E-state index contributed by atoms with van der Waals surface area (Å²) < 4.78 is 0. The number of unbranched alkanes of at least 4 members (excludes halogenated alkanes) is 1. The molecule has 0 aliphatic rings. The Balaban J connectivity index is 2.04. The molecule has 0 aliphatic carbocycles. The van der Waals surface area contributed by atoms with Crippen molar-refractivity contribution in [2.24, 2.45) is 0 Å². The Kier molecular flexibility index (Phi) is 7.52. The van der Waals surface area contributed by atoms with E-state index in [-0.39, 0.29) is 5.92 Å². The van der Waals surface area contributed by atoms with Crippen LogP contribution in [0.4, 0.5) is 0 Å². The smallest absolute Gasteiger partial charge is 0.119 e. The zero-order valence-corrected chi connectivity index (χ0v) is 16.2. The molecule has 2 nitrogen and oxygen atoms in total. The topological polar surface area (TPSA) is 23.5 Å². The van der Waals surface area contributed by atoms with Crippen LogP contribution < -0.4 is 0 Å². The van der Waals surface area contributed by atoms with Crippen molar-refractivity contribution in [3.05, 3.63) is 65.7 Å². The van der Waals surface area contributed by atoms with Crippen LogP contribution in [-0.4, -0.2) is 28.6 Å². The number of phenolic OH excluding ortho intramolecular Hbond substituents is 1. The van der Waals surface area contributed by atoms with E-state index in [4.69, 9.17) is 0 Å². The molecule has 0 bridgehead atoms. The number of nitrogens with zero attached hydrogens (tertiary/aromatic N) is 1. The summed E-state index contributed by atoms with van der Waals surface area (Å²) in [5.41, 5.74) is 2.33. The van der Waals surface area contributed by atoms with Crippen LogP contribution in [0.2, 0.25) is 0 Å². The summed E-state index contributed by atoms with van der Waals surface area (Å²) in [6.07, 6.45) is 3.41. The molecule has 0 fully saturated rings. The molecule has 0 aliphatic heterocycles. The number of aromatic hydroxyl groups is 1. The van der Waals surface area contributed by atoms with E-state index in [1.807, 2.05) is 12.1 Å². The van der Waals surface area contributed by atoms with Crippen molar-refractivity contribution in [2.45, 2.75) is 65.0 Å². The molecule has 0 saturated carbocycles. The summed E-state index contributed by atoms with van der Waals surface area (Å²) in [5, 5.41) is 10.3. The molecule has 136 valence electrons. The quantitative estimate of drug-likeness (QED) is 0.582. The number of hydrogen-bond donors (Lipinski definition) is 1. The summed E-state index contributed by atoms with van der Waals surface area (Å²) >= 11 is 0. The van der Waals surface area contributed by atoms with Crippen molar-refractivity contribution >= 4 is 0 Å². The lowest BCUT2D eigenvalue weighted by atomic mass is 9.86. The fourth-order valence-corrected chi connectivity index (χ4v) is 3.72. The highest BCUT2D eigenvalue weighted by atomic mass is 16.3. The molecule has 0 heterocycles. The largest absolute Gasteiger partial charge is 0.508 e. The normalized spacial score (nSPS) is 12.9. The Morgan fingerprint density at radius 2 is 1.40 bits per heavy atom. The van der Waals surface area contributed by atoms with Gasteiger partial charge in [0.25, 0.3) is 0 Å². The fourth-order valence-electron chi connectivity index (χ4n) is 3.72. The highest BCUT2D eigenvalue weighted by Gasteiger charge is 2.18. The Morgan fingerprint density at radius 3 is 2.00 bits per heavy atom. The second-order valence-electron chi connectivity index (χ2n) is 7.44. The third-order valence-electron chi connectivity index (χ3n) is 5.00. The van der Waals surface area contributed by atoms with Gasteiger partial charge in [0.2, 0.25) is 0 Å². The summed E-state index contributed by atoms with van der Waals surface area (Å²) in [6.45, 7) is 10.2. The molecule has 2 heteroatoms. The van der Waals surface area contributed by atoms with Gasteiger partial charge in [0.05, 0.1) is 0 Å². The van der Waals surface area contributed by atoms with Crippen molar-refractivity contribution in [3.63, 3.8) is 0 Å². The average Bonchev–Trinajstić information content (AvgIpc) is 2.59. The molecule has 1 unspecified atom stereocenters. The summed E-state index contributed by atoms with van der Waals surface area (Å²) in [5.74, 6) is 0.663. The average molecular weight is 340 g/mol. The van der Waals surface area contributed by atoms with Crippen LogP contribution in [0.15, 0.2) is 54.6 Å². The second-order valence-corrected chi connectivity index (χ2v) is 7.44. The van der Waals surface area contributed by atoms with Crippen LogP contribution in [0.1, 0.15) is 64.0 Å². The van der Waals surface area contributed by atoms with E-state index < -0.39 is 0 Å². The maximum Gasteiger partial charge on any atom is 0.119 e.